The van der Waals surface area contributed by atoms with Crippen LogP contribution in [0.1, 0.15) is 75.2 Å². The molecular weight excluding hydrogens is 480 g/mol. The standard InChI is InChI=1S/C31H38N2O5/c1-20(2)26(30(37)29(36)17-23-10-7-11-23)19-27(34)21(3)33-31(38)25(16-22-8-5-4-6-9-22)18-28(35)24-12-14-32-15-13-24/h4-6,8-9,12-15,20-21,23,25-26H,7,10-11,16-19H2,1-3H3,(H,33,38)/t21-,25+,26-/m0/s1. The van der Waals surface area contributed by atoms with E-state index in [4.69, 9.17) is 0 Å². The molecule has 0 spiro atoms. The van der Waals surface area contributed by atoms with Crippen molar-refractivity contribution >= 4 is 29.0 Å². The first-order chi connectivity index (χ1) is 18.2. The van der Waals surface area contributed by atoms with Crippen molar-refractivity contribution in [2.24, 2.45) is 23.7 Å². The summed E-state index contributed by atoms with van der Waals surface area (Å²) in [5.41, 5.74) is 1.38. The number of nitrogens with one attached hydrogen (secondary N) is 1. The fourth-order valence-corrected chi connectivity index (χ4v) is 4.74. The molecule has 1 aliphatic rings. The minimum atomic E-state index is -0.854. The van der Waals surface area contributed by atoms with Crippen LogP contribution in [0.25, 0.3) is 0 Å². The summed E-state index contributed by atoms with van der Waals surface area (Å²) in [6.07, 6.45) is 6.58. The third-order valence-corrected chi connectivity index (χ3v) is 7.51. The second-order valence-electron chi connectivity index (χ2n) is 10.8. The van der Waals surface area contributed by atoms with Crippen molar-refractivity contribution in [1.82, 2.24) is 10.3 Å². The second-order valence-corrected chi connectivity index (χ2v) is 10.8. The number of carbonyl (C=O) groups is 5. The van der Waals surface area contributed by atoms with Gasteiger partial charge in [-0.1, -0.05) is 50.6 Å². The van der Waals surface area contributed by atoms with Crippen LogP contribution in [0.15, 0.2) is 54.9 Å². The first-order valence-corrected chi connectivity index (χ1v) is 13.5. The summed E-state index contributed by atoms with van der Waals surface area (Å²) >= 11 is 0. The molecule has 38 heavy (non-hydrogen) atoms. The van der Waals surface area contributed by atoms with Gasteiger partial charge in [0.05, 0.1) is 6.04 Å². The normalized spacial score (nSPS) is 15.7. The van der Waals surface area contributed by atoms with Gasteiger partial charge in [0.25, 0.3) is 0 Å². The molecule has 3 atom stereocenters. The smallest absolute Gasteiger partial charge is 0.224 e. The number of amides is 1. The van der Waals surface area contributed by atoms with Crippen LogP contribution in [0, 0.1) is 23.7 Å². The highest BCUT2D eigenvalue weighted by molar-refractivity contribution is 6.38. The van der Waals surface area contributed by atoms with Gasteiger partial charge in [-0.05, 0) is 55.7 Å². The number of hydrogen-bond donors (Lipinski definition) is 1. The van der Waals surface area contributed by atoms with Gasteiger partial charge in [0, 0.05) is 49.1 Å². The van der Waals surface area contributed by atoms with Crippen LogP contribution in [0.2, 0.25) is 0 Å². The summed E-state index contributed by atoms with van der Waals surface area (Å²) in [6, 6.07) is 11.8. The van der Waals surface area contributed by atoms with Crippen LogP contribution in [0.4, 0.5) is 0 Å². The topological polar surface area (TPSA) is 110 Å². The maximum Gasteiger partial charge on any atom is 0.224 e. The van der Waals surface area contributed by atoms with E-state index in [-0.39, 0.29) is 42.7 Å². The number of carbonyl (C=O) groups excluding carboxylic acids is 5. The first kappa shape index (κ1) is 29.1. The Morgan fingerprint density at radius 1 is 0.921 bits per heavy atom. The van der Waals surface area contributed by atoms with Crippen molar-refractivity contribution < 1.29 is 24.0 Å². The third-order valence-electron chi connectivity index (χ3n) is 7.51. The van der Waals surface area contributed by atoms with E-state index < -0.39 is 35.4 Å². The highest BCUT2D eigenvalue weighted by Gasteiger charge is 2.34. The Labute approximate surface area is 224 Å². The number of benzene rings is 1. The van der Waals surface area contributed by atoms with E-state index in [9.17, 15) is 24.0 Å². The SMILES string of the molecule is CC(C)[C@H](CC(=O)[C@H](C)NC(=O)[C@@H](CC(=O)c1ccncc1)Cc1ccccc1)C(=O)C(=O)CC1CCC1. The summed E-state index contributed by atoms with van der Waals surface area (Å²) in [7, 11) is 0. The van der Waals surface area contributed by atoms with Crippen molar-refractivity contribution in [2.75, 3.05) is 0 Å². The number of aromatic nitrogens is 1. The highest BCUT2D eigenvalue weighted by Crippen LogP contribution is 2.30. The van der Waals surface area contributed by atoms with E-state index in [0.717, 1.165) is 24.8 Å². The van der Waals surface area contributed by atoms with Gasteiger partial charge in [-0.3, -0.25) is 29.0 Å². The van der Waals surface area contributed by atoms with Gasteiger partial charge >= 0.3 is 0 Å². The molecule has 1 aromatic carbocycles. The monoisotopic (exact) mass is 518 g/mol. The molecule has 1 N–H and O–H groups in total. The molecular formula is C31H38N2O5. The maximum atomic E-state index is 13.3. The van der Waals surface area contributed by atoms with Crippen molar-refractivity contribution in [3.63, 3.8) is 0 Å². The van der Waals surface area contributed by atoms with Gasteiger partial charge in [0.15, 0.2) is 17.3 Å². The molecule has 202 valence electrons. The molecule has 1 amide bonds. The van der Waals surface area contributed by atoms with Gasteiger partial charge in [-0.15, -0.1) is 0 Å². The zero-order chi connectivity index (χ0) is 27.7. The number of rotatable bonds is 15. The molecule has 0 radical (unpaired) electrons. The molecule has 1 heterocycles. The van der Waals surface area contributed by atoms with Crippen molar-refractivity contribution in [2.45, 2.75) is 71.8 Å². The van der Waals surface area contributed by atoms with Gasteiger partial charge in [-0.25, -0.2) is 0 Å². The predicted molar refractivity (Wildman–Crippen MR) is 144 cm³/mol. The first-order valence-electron chi connectivity index (χ1n) is 13.5. The Morgan fingerprint density at radius 3 is 2.16 bits per heavy atom. The van der Waals surface area contributed by atoms with Crippen molar-refractivity contribution in [3.8, 4) is 0 Å². The van der Waals surface area contributed by atoms with Crippen LogP contribution in [-0.2, 0) is 25.6 Å². The minimum absolute atomic E-state index is 0.0194. The molecule has 0 aliphatic heterocycles. The van der Waals surface area contributed by atoms with Crippen LogP contribution >= 0.6 is 0 Å². The lowest BCUT2D eigenvalue weighted by Gasteiger charge is -2.26. The molecule has 1 saturated carbocycles. The maximum absolute atomic E-state index is 13.3. The largest absolute Gasteiger partial charge is 0.346 e. The zero-order valence-electron chi connectivity index (χ0n) is 22.5. The molecule has 0 unspecified atom stereocenters. The van der Waals surface area contributed by atoms with Crippen LogP contribution in [0.5, 0.6) is 0 Å². The lowest BCUT2D eigenvalue weighted by molar-refractivity contribution is -0.142. The molecule has 7 nitrogen and oxygen atoms in total. The van der Waals surface area contributed by atoms with E-state index >= 15 is 0 Å². The van der Waals surface area contributed by atoms with Gasteiger partial charge < -0.3 is 5.32 Å². The summed E-state index contributed by atoms with van der Waals surface area (Å²) in [6.45, 7) is 5.25. The van der Waals surface area contributed by atoms with Crippen LogP contribution in [0.3, 0.4) is 0 Å². The summed E-state index contributed by atoms with van der Waals surface area (Å²) < 4.78 is 0. The Morgan fingerprint density at radius 2 is 1.58 bits per heavy atom. The number of hydrogen-bond acceptors (Lipinski definition) is 6. The van der Waals surface area contributed by atoms with Crippen LogP contribution in [-0.4, -0.2) is 40.1 Å². The number of Topliss-reactive ketones (excluding diaryl/α,β-unsaturated/α-hetero) is 4. The summed E-state index contributed by atoms with van der Waals surface area (Å²) in [5.74, 6) is -3.04. The van der Waals surface area contributed by atoms with E-state index in [2.05, 4.69) is 10.3 Å². The van der Waals surface area contributed by atoms with Gasteiger partial charge in [0.1, 0.15) is 0 Å². The average Bonchev–Trinajstić information content (AvgIpc) is 2.89. The lowest BCUT2D eigenvalue weighted by Crippen LogP contribution is -2.44. The van der Waals surface area contributed by atoms with E-state index in [0.29, 0.717) is 12.0 Å². The average molecular weight is 519 g/mol. The molecule has 0 bridgehead atoms. The highest BCUT2D eigenvalue weighted by atomic mass is 16.2. The van der Waals surface area contributed by atoms with Gasteiger partial charge in [0.2, 0.25) is 11.7 Å². The minimum Gasteiger partial charge on any atom is -0.346 e. The Hall–Kier alpha value is -3.48. The van der Waals surface area contributed by atoms with Gasteiger partial charge in [-0.2, -0.15) is 0 Å². The quantitative estimate of drug-likeness (QED) is 0.273. The molecule has 1 aliphatic carbocycles. The lowest BCUT2D eigenvalue weighted by atomic mass is 9.78. The summed E-state index contributed by atoms with van der Waals surface area (Å²) in [5, 5.41) is 2.77. The second kappa shape index (κ2) is 13.9. The number of ketones is 4. The Kier molecular flexibility index (Phi) is 10.6. The number of nitrogens with zero attached hydrogens (tertiary/aromatic N) is 1. The molecule has 1 aromatic heterocycles. The third kappa shape index (κ3) is 8.27. The zero-order valence-corrected chi connectivity index (χ0v) is 22.5. The Bertz CT molecular complexity index is 1130. The fourth-order valence-electron chi connectivity index (χ4n) is 4.74. The summed E-state index contributed by atoms with van der Waals surface area (Å²) in [4.78, 5) is 68.6. The Balaban J connectivity index is 1.65. The van der Waals surface area contributed by atoms with Crippen molar-refractivity contribution in [3.05, 3.63) is 66.0 Å². The van der Waals surface area contributed by atoms with Crippen molar-refractivity contribution in [1.29, 1.82) is 0 Å². The molecule has 0 saturated heterocycles. The fraction of sp³-hybridized carbons (Fsp3) is 0.484. The van der Waals surface area contributed by atoms with Crippen LogP contribution < -0.4 is 5.32 Å². The van der Waals surface area contributed by atoms with E-state index in [1.807, 2.05) is 44.2 Å². The van der Waals surface area contributed by atoms with E-state index in [1.54, 1.807) is 19.1 Å². The molecule has 3 rings (SSSR count). The molecule has 1 fully saturated rings. The number of pyridine rings is 1. The molecule has 2 aromatic rings. The molecule has 7 heteroatoms. The predicted octanol–water partition coefficient (Wildman–Crippen LogP) is 4.58. The van der Waals surface area contributed by atoms with E-state index in [1.165, 1.54) is 12.4 Å².